The highest BCUT2D eigenvalue weighted by Gasteiger charge is 2.00. The Morgan fingerprint density at radius 3 is 1.81 bits per heavy atom. The summed E-state index contributed by atoms with van der Waals surface area (Å²) in [6, 6.07) is 0. The van der Waals surface area contributed by atoms with Crippen LogP contribution < -0.4 is 5.48 Å². The summed E-state index contributed by atoms with van der Waals surface area (Å²) in [5.41, 5.74) is 2.66. The molecule has 0 heterocycles. The molecule has 0 aliphatic rings. The number of hydrogen-bond donors (Lipinski definition) is 1. The third-order valence-electron chi connectivity index (χ3n) is 3.75. The molecule has 148 valence electrons. The fourth-order valence-corrected chi connectivity index (χ4v) is 2.21. The lowest BCUT2D eigenvalue weighted by Crippen LogP contribution is -2.20. The highest BCUT2D eigenvalue weighted by atomic mass is 16.7. The van der Waals surface area contributed by atoms with Crippen LogP contribution in [-0.2, 0) is 9.63 Å². The number of nitrogens with one attached hydrogen (secondary N) is 1. The molecule has 0 saturated heterocycles. The Kier molecular flexibility index (Phi) is 20.1. The van der Waals surface area contributed by atoms with E-state index in [9.17, 15) is 4.79 Å². The summed E-state index contributed by atoms with van der Waals surface area (Å²) in [4.78, 5) is 16.2. The Morgan fingerprint density at radius 1 is 0.731 bits per heavy atom. The molecule has 0 aliphatic heterocycles. The minimum atomic E-state index is -0.172. The molecule has 0 saturated carbocycles. The molecule has 3 nitrogen and oxygen atoms in total. The fourth-order valence-electron chi connectivity index (χ4n) is 2.21. The third kappa shape index (κ3) is 20.4. The Hall–Kier alpha value is -1.61. The van der Waals surface area contributed by atoms with Gasteiger partial charge < -0.3 is 4.84 Å². The van der Waals surface area contributed by atoms with Crippen LogP contribution in [0.15, 0.2) is 48.6 Å². The number of carbonyl (C=O) groups excluding carboxylic acids is 1. The van der Waals surface area contributed by atoms with Gasteiger partial charge in [-0.1, -0.05) is 75.3 Å². The second-order valence-electron chi connectivity index (χ2n) is 6.35. The molecule has 26 heavy (non-hydrogen) atoms. The minimum absolute atomic E-state index is 0.172. The topological polar surface area (TPSA) is 38.3 Å². The van der Waals surface area contributed by atoms with E-state index in [0.29, 0.717) is 13.0 Å². The molecule has 3 heteroatoms. The molecule has 0 aromatic carbocycles. The van der Waals surface area contributed by atoms with E-state index in [-0.39, 0.29) is 5.97 Å². The molecule has 0 aromatic heterocycles. The van der Waals surface area contributed by atoms with Crippen LogP contribution in [0.5, 0.6) is 0 Å². The Bertz CT molecular complexity index is 422. The van der Waals surface area contributed by atoms with Crippen LogP contribution in [0.25, 0.3) is 0 Å². The second-order valence-corrected chi connectivity index (χ2v) is 6.35. The molecule has 0 rings (SSSR count). The number of carbonyl (C=O) groups is 1. The van der Waals surface area contributed by atoms with Crippen molar-refractivity contribution in [2.75, 3.05) is 6.54 Å². The van der Waals surface area contributed by atoms with Crippen molar-refractivity contribution in [1.82, 2.24) is 5.48 Å². The van der Waals surface area contributed by atoms with Gasteiger partial charge in [0.1, 0.15) is 0 Å². The van der Waals surface area contributed by atoms with E-state index in [2.05, 4.69) is 61.0 Å². The van der Waals surface area contributed by atoms with E-state index in [1.807, 2.05) is 6.92 Å². The van der Waals surface area contributed by atoms with Gasteiger partial charge in [-0.15, -0.1) is 0 Å². The van der Waals surface area contributed by atoms with Gasteiger partial charge in [0.05, 0.1) is 0 Å². The fraction of sp³-hybridized carbons (Fsp3) is 0.609. The zero-order chi connectivity index (χ0) is 19.1. The summed E-state index contributed by atoms with van der Waals surface area (Å²) in [7, 11) is 0. The summed E-state index contributed by atoms with van der Waals surface area (Å²) < 4.78 is 0. The average Bonchev–Trinajstić information content (AvgIpc) is 2.64. The van der Waals surface area contributed by atoms with Crippen LogP contribution in [0.1, 0.15) is 84.5 Å². The van der Waals surface area contributed by atoms with Gasteiger partial charge in [-0.05, 0) is 51.4 Å². The summed E-state index contributed by atoms with van der Waals surface area (Å²) in [5, 5.41) is 0. The summed E-state index contributed by atoms with van der Waals surface area (Å²) in [6.45, 7) is 4.98. The maximum atomic E-state index is 11.3. The average molecular weight is 362 g/mol. The summed E-state index contributed by atoms with van der Waals surface area (Å²) in [6.07, 6.45) is 29.0. The maximum Gasteiger partial charge on any atom is 0.324 e. The second kappa shape index (κ2) is 21.4. The van der Waals surface area contributed by atoms with Crippen molar-refractivity contribution in [3.8, 4) is 0 Å². The molecular weight excluding hydrogens is 322 g/mol. The molecule has 0 radical (unpaired) electrons. The highest BCUT2D eigenvalue weighted by molar-refractivity contribution is 5.68. The van der Waals surface area contributed by atoms with Gasteiger partial charge >= 0.3 is 5.97 Å². The zero-order valence-electron chi connectivity index (χ0n) is 16.9. The minimum Gasteiger partial charge on any atom is -0.371 e. The lowest BCUT2D eigenvalue weighted by molar-refractivity contribution is -0.151. The van der Waals surface area contributed by atoms with Gasteiger partial charge in [-0.2, -0.15) is 5.48 Å². The molecule has 0 amide bonds. The van der Waals surface area contributed by atoms with Crippen LogP contribution in [0.3, 0.4) is 0 Å². The lowest BCUT2D eigenvalue weighted by Gasteiger charge is -2.02. The zero-order valence-corrected chi connectivity index (χ0v) is 16.9. The third-order valence-corrected chi connectivity index (χ3v) is 3.75. The van der Waals surface area contributed by atoms with Crippen LogP contribution >= 0.6 is 0 Å². The molecular formula is C23H39NO2. The maximum absolute atomic E-state index is 11.3. The Morgan fingerprint density at radius 2 is 1.27 bits per heavy atom. The highest BCUT2D eigenvalue weighted by Crippen LogP contribution is 2.01. The molecule has 0 atom stereocenters. The summed E-state index contributed by atoms with van der Waals surface area (Å²) >= 11 is 0. The Balaban J connectivity index is 3.44. The standard InChI is InChI=1S/C23H39NO2/c1-3-5-6-7-8-9-10-11-12-13-14-15-16-17-18-19-20-21-23(25)26-24-22-4-2/h8-9,11-12,14-15,17-18,24H,3-7,10,13,16,19-22H2,1-2H3. The molecule has 0 unspecified atom stereocenters. The smallest absolute Gasteiger partial charge is 0.324 e. The van der Waals surface area contributed by atoms with Crippen LogP contribution in [-0.4, -0.2) is 12.5 Å². The van der Waals surface area contributed by atoms with Crippen LogP contribution in [0, 0.1) is 0 Å². The van der Waals surface area contributed by atoms with E-state index in [4.69, 9.17) is 4.84 Å². The van der Waals surface area contributed by atoms with Gasteiger partial charge in [-0.25, -0.2) is 0 Å². The van der Waals surface area contributed by atoms with E-state index in [1.165, 1.54) is 25.7 Å². The number of hydroxylamine groups is 1. The van der Waals surface area contributed by atoms with Crippen molar-refractivity contribution in [3.63, 3.8) is 0 Å². The van der Waals surface area contributed by atoms with Crippen LogP contribution in [0.2, 0.25) is 0 Å². The van der Waals surface area contributed by atoms with E-state index < -0.39 is 0 Å². The number of hydrogen-bond acceptors (Lipinski definition) is 3. The summed E-state index contributed by atoms with van der Waals surface area (Å²) in [5.74, 6) is -0.172. The van der Waals surface area contributed by atoms with Gasteiger partial charge in [0.15, 0.2) is 0 Å². The normalized spacial score (nSPS) is 12.2. The number of rotatable bonds is 17. The monoisotopic (exact) mass is 361 g/mol. The van der Waals surface area contributed by atoms with Gasteiger partial charge in [-0.3, -0.25) is 4.79 Å². The van der Waals surface area contributed by atoms with Gasteiger partial charge in [0.25, 0.3) is 0 Å². The molecule has 0 aromatic rings. The van der Waals surface area contributed by atoms with Gasteiger partial charge in [0, 0.05) is 13.0 Å². The van der Waals surface area contributed by atoms with Crippen molar-refractivity contribution in [2.24, 2.45) is 0 Å². The van der Waals surface area contributed by atoms with Crippen molar-refractivity contribution in [3.05, 3.63) is 48.6 Å². The molecule has 0 bridgehead atoms. The largest absolute Gasteiger partial charge is 0.371 e. The van der Waals surface area contributed by atoms with E-state index >= 15 is 0 Å². The Labute approximate surface area is 161 Å². The molecule has 0 spiro atoms. The first-order valence-electron chi connectivity index (χ1n) is 10.3. The quantitative estimate of drug-likeness (QED) is 0.180. The first-order chi connectivity index (χ1) is 12.8. The first-order valence-corrected chi connectivity index (χ1v) is 10.3. The van der Waals surface area contributed by atoms with Crippen molar-refractivity contribution in [2.45, 2.75) is 84.5 Å². The van der Waals surface area contributed by atoms with E-state index in [1.54, 1.807) is 0 Å². The van der Waals surface area contributed by atoms with Crippen molar-refractivity contribution in [1.29, 1.82) is 0 Å². The van der Waals surface area contributed by atoms with Crippen LogP contribution in [0.4, 0.5) is 0 Å². The van der Waals surface area contributed by atoms with E-state index in [0.717, 1.165) is 38.5 Å². The van der Waals surface area contributed by atoms with Crippen molar-refractivity contribution >= 4 is 5.97 Å². The molecule has 0 aliphatic carbocycles. The molecule has 0 fully saturated rings. The predicted octanol–water partition coefficient (Wildman–Crippen LogP) is 6.59. The molecule has 1 N–H and O–H groups in total. The first kappa shape index (κ1) is 24.4. The number of unbranched alkanes of at least 4 members (excludes halogenated alkanes) is 4. The van der Waals surface area contributed by atoms with Crippen molar-refractivity contribution < 1.29 is 9.63 Å². The SMILES string of the molecule is CCCCCC=CCC=CCC=CCC=CCCCC(=O)ONCCC. The lowest BCUT2D eigenvalue weighted by atomic mass is 10.2. The number of allylic oxidation sites excluding steroid dienone is 8. The van der Waals surface area contributed by atoms with Gasteiger partial charge in [0.2, 0.25) is 0 Å². The predicted molar refractivity (Wildman–Crippen MR) is 113 cm³/mol.